The van der Waals surface area contributed by atoms with Crippen LogP contribution in [0.1, 0.15) is 44.8 Å². The zero-order valence-corrected chi connectivity index (χ0v) is 20.7. The average Bonchev–Trinajstić information content (AvgIpc) is 3.46. The highest BCUT2D eigenvalue weighted by molar-refractivity contribution is 6.30. The summed E-state index contributed by atoms with van der Waals surface area (Å²) in [4.78, 5) is 40.2. The van der Waals surface area contributed by atoms with Gasteiger partial charge in [0.2, 0.25) is 0 Å². The van der Waals surface area contributed by atoms with Gasteiger partial charge in [0.05, 0.1) is 25.8 Å². The molecule has 0 radical (unpaired) electrons. The molecule has 2 aliphatic heterocycles. The molecule has 0 saturated carbocycles. The van der Waals surface area contributed by atoms with E-state index in [1.54, 1.807) is 30.9 Å². The lowest BCUT2D eigenvalue weighted by atomic mass is 9.84. The van der Waals surface area contributed by atoms with E-state index in [4.69, 9.17) is 35.3 Å². The van der Waals surface area contributed by atoms with Crippen LogP contribution in [0.2, 0.25) is 5.02 Å². The van der Waals surface area contributed by atoms with E-state index in [1.165, 1.54) is 0 Å². The van der Waals surface area contributed by atoms with E-state index in [0.29, 0.717) is 42.2 Å². The topological polar surface area (TPSA) is 101 Å². The Morgan fingerprint density at radius 3 is 2.58 bits per heavy atom. The van der Waals surface area contributed by atoms with Crippen molar-refractivity contribution in [1.82, 2.24) is 4.90 Å². The Morgan fingerprint density at radius 2 is 1.89 bits per heavy atom. The number of halogens is 1. The van der Waals surface area contributed by atoms with Crippen LogP contribution >= 0.6 is 11.6 Å². The van der Waals surface area contributed by atoms with Gasteiger partial charge in [0.1, 0.15) is 11.9 Å². The molecule has 4 aliphatic rings. The van der Waals surface area contributed by atoms with Crippen LogP contribution in [0.3, 0.4) is 0 Å². The fourth-order valence-corrected chi connectivity index (χ4v) is 5.16. The van der Waals surface area contributed by atoms with Gasteiger partial charge in [-0.2, -0.15) is 0 Å². The van der Waals surface area contributed by atoms with Gasteiger partial charge >= 0.3 is 23.8 Å². The predicted molar refractivity (Wildman–Crippen MR) is 126 cm³/mol. The summed E-state index contributed by atoms with van der Waals surface area (Å²) in [6, 6.07) is 7.00. The lowest BCUT2D eigenvalue weighted by Crippen LogP contribution is -2.50. The Kier molecular flexibility index (Phi) is 6.42. The molecule has 0 unspecified atom stereocenters. The molecule has 0 bridgehead atoms. The highest BCUT2D eigenvalue weighted by Crippen LogP contribution is 2.47. The van der Waals surface area contributed by atoms with Crippen molar-refractivity contribution < 1.29 is 38.1 Å². The molecular formula is C26H26ClNO8. The first kappa shape index (κ1) is 24.2. The molecule has 2 atom stereocenters. The first-order chi connectivity index (χ1) is 17.4. The summed E-state index contributed by atoms with van der Waals surface area (Å²) in [5, 5.41) is 0.574. The van der Waals surface area contributed by atoms with Crippen molar-refractivity contribution in [1.29, 1.82) is 0 Å². The number of allylic oxidation sites excluding steroid dienone is 2. The van der Waals surface area contributed by atoms with Crippen LogP contribution in [0, 0.1) is 0 Å². The van der Waals surface area contributed by atoms with Crippen molar-refractivity contribution in [3.8, 4) is 0 Å². The molecule has 2 heterocycles. The minimum atomic E-state index is -2.34. The Hall–Kier alpha value is -3.46. The van der Waals surface area contributed by atoms with Gasteiger partial charge in [-0.25, -0.2) is 14.4 Å². The van der Waals surface area contributed by atoms with E-state index in [2.05, 4.69) is 0 Å². The Bertz CT molecular complexity index is 1180. The summed E-state index contributed by atoms with van der Waals surface area (Å²) in [7, 11) is 0. The number of amides is 1. The molecule has 0 aromatic heterocycles. The quantitative estimate of drug-likeness (QED) is 0.313. The third-order valence-electron chi connectivity index (χ3n) is 6.55. The van der Waals surface area contributed by atoms with Crippen LogP contribution in [0.5, 0.6) is 0 Å². The van der Waals surface area contributed by atoms with Crippen LogP contribution in [0.4, 0.5) is 4.79 Å². The average molecular weight is 516 g/mol. The minimum absolute atomic E-state index is 0.0398. The molecule has 0 spiro atoms. The number of cyclic esters (lactones) is 1. The van der Waals surface area contributed by atoms with Crippen molar-refractivity contribution in [2.75, 3.05) is 19.8 Å². The smallest absolute Gasteiger partial charge is 0.453 e. The zero-order chi connectivity index (χ0) is 25.4. The molecule has 36 heavy (non-hydrogen) atoms. The number of carbonyl (C=O) groups excluding carboxylic acids is 3. The highest BCUT2D eigenvalue weighted by atomic mass is 35.5. The van der Waals surface area contributed by atoms with Crippen LogP contribution < -0.4 is 0 Å². The van der Waals surface area contributed by atoms with Gasteiger partial charge in [0.15, 0.2) is 5.76 Å². The fourth-order valence-electron chi connectivity index (χ4n) is 4.96. The summed E-state index contributed by atoms with van der Waals surface area (Å²) in [5.74, 6) is -3.62. The molecule has 0 N–H and O–H groups in total. The number of nitrogens with zero attached hydrogens (tertiary/aromatic N) is 1. The zero-order valence-electron chi connectivity index (χ0n) is 20.0. The number of hydrogen-bond donors (Lipinski definition) is 0. The van der Waals surface area contributed by atoms with Gasteiger partial charge in [-0.05, 0) is 50.0 Å². The SMILES string of the molecule is CCOC(=O)C1(C(=O)OCC)OC2=C(O1)C1=C(CC2)[C@H](N2C[C@H](c3cccc(Cl)c3)OC2=O)CC=C1. The summed E-state index contributed by atoms with van der Waals surface area (Å²) in [6.07, 6.45) is 4.49. The monoisotopic (exact) mass is 515 g/mol. The Balaban J connectivity index is 1.42. The third-order valence-corrected chi connectivity index (χ3v) is 6.78. The van der Waals surface area contributed by atoms with Crippen molar-refractivity contribution in [2.45, 2.75) is 51.0 Å². The minimum Gasteiger partial charge on any atom is -0.460 e. The molecule has 1 saturated heterocycles. The standard InChI is InChI=1S/C26H26ClNO8/c1-3-32-23(29)26(24(30)33-4-2)35-20-12-11-17-18(22(20)36-26)9-6-10-19(17)28-14-21(34-25(28)31)15-7-5-8-16(27)13-15/h5-9,13,19,21H,3-4,10-12,14H2,1-2H3/t19-,21-/m1/s1. The highest BCUT2D eigenvalue weighted by Gasteiger charge is 2.61. The normalized spacial score (nSPS) is 24.0. The second kappa shape index (κ2) is 9.54. The van der Waals surface area contributed by atoms with E-state index in [-0.39, 0.29) is 25.0 Å². The number of fused-ring (bicyclic) bond motifs is 1. The molecule has 10 heteroatoms. The number of benzene rings is 1. The number of esters is 2. The van der Waals surface area contributed by atoms with Crippen molar-refractivity contribution in [3.63, 3.8) is 0 Å². The molecular weight excluding hydrogens is 490 g/mol. The van der Waals surface area contributed by atoms with Crippen molar-refractivity contribution >= 4 is 29.6 Å². The second-order valence-corrected chi connectivity index (χ2v) is 9.12. The predicted octanol–water partition coefficient (Wildman–Crippen LogP) is 4.33. The van der Waals surface area contributed by atoms with Crippen LogP contribution in [-0.2, 0) is 33.3 Å². The molecule has 9 nitrogen and oxygen atoms in total. The van der Waals surface area contributed by atoms with E-state index in [9.17, 15) is 14.4 Å². The number of rotatable bonds is 6. The first-order valence-corrected chi connectivity index (χ1v) is 12.3. The molecule has 190 valence electrons. The lowest BCUT2D eigenvalue weighted by Gasteiger charge is -2.33. The number of hydrogen-bond acceptors (Lipinski definition) is 8. The van der Waals surface area contributed by atoms with Gasteiger partial charge in [0, 0.05) is 17.0 Å². The van der Waals surface area contributed by atoms with Crippen molar-refractivity contribution in [2.24, 2.45) is 0 Å². The van der Waals surface area contributed by atoms with Crippen LogP contribution in [0.25, 0.3) is 0 Å². The van der Waals surface area contributed by atoms with Gasteiger partial charge in [-0.3, -0.25) is 4.90 Å². The van der Waals surface area contributed by atoms with Gasteiger partial charge in [-0.15, -0.1) is 0 Å². The number of ether oxygens (including phenoxy) is 5. The third kappa shape index (κ3) is 4.01. The Labute approximate surface area is 213 Å². The largest absolute Gasteiger partial charge is 0.460 e. The maximum absolute atomic E-state index is 12.9. The lowest BCUT2D eigenvalue weighted by molar-refractivity contribution is -0.220. The summed E-state index contributed by atoms with van der Waals surface area (Å²) < 4.78 is 27.6. The summed E-state index contributed by atoms with van der Waals surface area (Å²) in [6.45, 7) is 3.70. The fraction of sp³-hybridized carbons (Fsp3) is 0.423. The van der Waals surface area contributed by atoms with Gasteiger partial charge in [-0.1, -0.05) is 35.9 Å². The molecule has 1 aromatic carbocycles. The molecule has 2 aliphatic carbocycles. The van der Waals surface area contributed by atoms with Crippen LogP contribution in [0.15, 0.2) is 59.1 Å². The first-order valence-electron chi connectivity index (χ1n) is 12.0. The van der Waals surface area contributed by atoms with Gasteiger partial charge in [0.25, 0.3) is 0 Å². The maximum Gasteiger partial charge on any atom is 0.453 e. The Morgan fingerprint density at radius 1 is 1.14 bits per heavy atom. The van der Waals surface area contributed by atoms with E-state index in [0.717, 1.165) is 11.1 Å². The van der Waals surface area contributed by atoms with E-state index in [1.807, 2.05) is 24.3 Å². The van der Waals surface area contributed by atoms with E-state index >= 15 is 0 Å². The summed E-state index contributed by atoms with van der Waals surface area (Å²) in [5.41, 5.74) is 2.46. The maximum atomic E-state index is 12.9. The summed E-state index contributed by atoms with van der Waals surface area (Å²) >= 11 is 6.13. The molecule has 1 aromatic rings. The number of carbonyl (C=O) groups is 3. The molecule has 1 fully saturated rings. The molecule has 1 amide bonds. The van der Waals surface area contributed by atoms with Crippen LogP contribution in [-0.4, -0.2) is 54.5 Å². The molecule has 5 rings (SSSR count). The van der Waals surface area contributed by atoms with Gasteiger partial charge < -0.3 is 23.7 Å². The second-order valence-electron chi connectivity index (χ2n) is 8.69. The van der Waals surface area contributed by atoms with Crippen molar-refractivity contribution in [3.05, 3.63) is 69.7 Å². The van der Waals surface area contributed by atoms with E-state index < -0.39 is 29.9 Å².